The van der Waals surface area contributed by atoms with Crippen molar-refractivity contribution in [1.82, 2.24) is 10.2 Å². The predicted molar refractivity (Wildman–Crippen MR) is 207 cm³/mol. The molecule has 0 radical (unpaired) electrons. The van der Waals surface area contributed by atoms with E-state index in [1.807, 2.05) is 0 Å². The van der Waals surface area contributed by atoms with Crippen molar-refractivity contribution < 1.29 is 18.3 Å². The molecular weight excluding hydrogens is 655 g/mol. The Balaban J connectivity index is 1.10. The van der Waals surface area contributed by atoms with Gasteiger partial charge in [0.15, 0.2) is 0 Å². The molecule has 0 unspecified atom stereocenters. The van der Waals surface area contributed by atoms with Crippen LogP contribution in [-0.2, 0) is 9.84 Å². The fourth-order valence-corrected chi connectivity index (χ4v) is 15.9. The van der Waals surface area contributed by atoms with E-state index in [1.54, 1.807) is 12.1 Å². The molecule has 6 aliphatic rings. The lowest BCUT2D eigenvalue weighted by Crippen LogP contribution is -2.75. The molecule has 1 aliphatic heterocycles. The van der Waals surface area contributed by atoms with Gasteiger partial charge in [-0.1, -0.05) is 53.7 Å². The summed E-state index contributed by atoms with van der Waals surface area (Å²) in [6, 6.07) is 7.77. The Labute approximate surface area is 309 Å². The predicted octanol–water partition coefficient (Wildman–Crippen LogP) is 7.75. The van der Waals surface area contributed by atoms with Gasteiger partial charge in [0.05, 0.1) is 10.8 Å². The molecule has 1 aromatic rings. The van der Waals surface area contributed by atoms with Crippen LogP contribution in [0.1, 0.15) is 140 Å². The number of carbonyl (C=O) groups is 1. The van der Waals surface area contributed by atoms with Crippen molar-refractivity contribution in [3.05, 3.63) is 35.4 Å². The zero-order valence-electron chi connectivity index (χ0n) is 32.8. The monoisotopic (exact) mass is 724 g/mol. The summed E-state index contributed by atoms with van der Waals surface area (Å²) < 4.78 is 24.3. The largest absolute Gasteiger partial charge is 0.478 e. The van der Waals surface area contributed by atoms with E-state index in [0.29, 0.717) is 47.0 Å². The van der Waals surface area contributed by atoms with Crippen LogP contribution in [-0.4, -0.2) is 73.2 Å². The number of carboxylic acids is 1. The Morgan fingerprint density at radius 1 is 0.902 bits per heavy atom. The molecule has 51 heavy (non-hydrogen) atoms. The lowest BCUT2D eigenvalue weighted by molar-refractivity contribution is -0.207. The first-order valence-electron chi connectivity index (χ1n) is 20.7. The molecule has 7 nitrogen and oxygen atoms in total. The summed E-state index contributed by atoms with van der Waals surface area (Å²) in [7, 11) is -2.95. The minimum atomic E-state index is -2.95. The van der Waals surface area contributed by atoms with E-state index in [9.17, 15) is 18.3 Å². The van der Waals surface area contributed by atoms with E-state index < -0.39 is 15.8 Å². The van der Waals surface area contributed by atoms with Crippen LogP contribution in [0.3, 0.4) is 0 Å². The van der Waals surface area contributed by atoms with Crippen LogP contribution in [0.4, 0.5) is 0 Å². The average Bonchev–Trinajstić information content (AvgIpc) is 3.45. The van der Waals surface area contributed by atoms with Crippen LogP contribution in [0.2, 0.25) is 0 Å². The van der Waals surface area contributed by atoms with E-state index >= 15 is 0 Å². The van der Waals surface area contributed by atoms with Crippen molar-refractivity contribution in [3.8, 4) is 0 Å². The van der Waals surface area contributed by atoms with Crippen molar-refractivity contribution in [2.75, 3.05) is 32.4 Å². The molecule has 6 fully saturated rings. The first kappa shape index (κ1) is 37.8. The van der Waals surface area contributed by atoms with Crippen LogP contribution < -0.4 is 11.1 Å². The zero-order chi connectivity index (χ0) is 36.8. The van der Waals surface area contributed by atoms with Crippen LogP contribution in [0, 0.1) is 51.8 Å². The highest BCUT2D eigenvalue weighted by atomic mass is 32.2. The van der Waals surface area contributed by atoms with Crippen molar-refractivity contribution in [2.45, 2.75) is 141 Å². The highest BCUT2D eigenvalue weighted by Crippen LogP contribution is 2.74. The number of sulfone groups is 1. The van der Waals surface area contributed by atoms with E-state index in [4.69, 9.17) is 5.73 Å². The van der Waals surface area contributed by atoms with Gasteiger partial charge in [0.1, 0.15) is 9.84 Å². The standard InChI is InChI=1S/C43H69N3O4S/c1-28(2)32-14-21-42(45-24-27-46-25-17-31(18-26-46)51(7,49)50)22-23-43(44)34(37(32)42)12-13-36-40(5)19-15-33(29-8-10-30(11-9-29)38(47)48)39(3,4)35(40)16-20-41(36,43)6/h8-11,28,31-37,45H,12-27,44H2,1-7H3,(H,47,48)/t32-,33-,34+,35-,36+,37+,40-,41+,42-,43-/m0/s1. The number of piperidine rings is 1. The van der Waals surface area contributed by atoms with Gasteiger partial charge in [-0.15, -0.1) is 0 Å². The third kappa shape index (κ3) is 5.98. The Bertz CT molecular complexity index is 1570. The second-order valence-electron chi connectivity index (χ2n) is 20.1. The fourth-order valence-electron chi connectivity index (χ4n) is 14.9. The Hall–Kier alpha value is -1.48. The molecule has 1 saturated heterocycles. The summed E-state index contributed by atoms with van der Waals surface area (Å²) in [5, 5.41) is 13.6. The topological polar surface area (TPSA) is 113 Å². The number of aromatic carboxylic acids is 1. The summed E-state index contributed by atoms with van der Waals surface area (Å²) in [6.07, 6.45) is 15.1. The third-order valence-electron chi connectivity index (χ3n) is 17.5. The van der Waals surface area contributed by atoms with Gasteiger partial charge in [-0.3, -0.25) is 0 Å². The van der Waals surface area contributed by atoms with Crippen molar-refractivity contribution in [2.24, 2.45) is 57.5 Å². The molecule has 1 heterocycles. The molecule has 8 heteroatoms. The molecule has 5 saturated carbocycles. The Kier molecular flexibility index (Phi) is 9.70. The first-order valence-corrected chi connectivity index (χ1v) is 22.6. The molecular formula is C43H69N3O4S. The Morgan fingerprint density at radius 3 is 2.22 bits per heavy atom. The molecule has 0 amide bonds. The maximum Gasteiger partial charge on any atom is 0.335 e. The van der Waals surface area contributed by atoms with Gasteiger partial charge in [-0.25, -0.2) is 13.2 Å². The molecule has 286 valence electrons. The van der Waals surface area contributed by atoms with E-state index in [2.05, 4.69) is 63.9 Å². The number of nitrogens with zero attached hydrogens (tertiary/aromatic N) is 1. The van der Waals surface area contributed by atoms with Crippen LogP contribution in [0.15, 0.2) is 24.3 Å². The summed E-state index contributed by atoms with van der Waals surface area (Å²) in [5.74, 6) is 3.31. The SMILES string of the molecule is CC(C)[C@@H]1CC[C@]2(NCCN3CCC(S(C)(=O)=O)CC3)CC[C@]3(N)[C@H](CC[C@@H]4[C@@]5(C)CC[C@@H](c6ccc(C(=O)O)cc6)C(C)(C)[C@@H]5CC[C@]43C)[C@@H]12. The summed E-state index contributed by atoms with van der Waals surface area (Å²) in [6.45, 7) is 18.9. The van der Waals surface area contributed by atoms with Crippen LogP contribution >= 0.6 is 0 Å². The lowest BCUT2D eigenvalue weighted by atomic mass is 9.34. The van der Waals surface area contributed by atoms with Gasteiger partial charge >= 0.3 is 5.97 Å². The number of fused-ring (bicyclic) bond motifs is 7. The summed E-state index contributed by atoms with van der Waals surface area (Å²) in [4.78, 5) is 14.1. The quantitative estimate of drug-likeness (QED) is 0.252. The maximum atomic E-state index is 12.1. The molecule has 5 aliphatic carbocycles. The number of carboxylic acid groups (broad SMARTS) is 1. The van der Waals surface area contributed by atoms with E-state index in [0.717, 1.165) is 51.9 Å². The van der Waals surface area contributed by atoms with Gasteiger partial charge in [0.25, 0.3) is 0 Å². The van der Waals surface area contributed by atoms with Gasteiger partial charge < -0.3 is 21.1 Å². The molecule has 10 atom stereocenters. The second kappa shape index (κ2) is 13.1. The minimum absolute atomic E-state index is 0.119. The summed E-state index contributed by atoms with van der Waals surface area (Å²) >= 11 is 0. The number of benzene rings is 1. The molecule has 7 rings (SSSR count). The fraction of sp³-hybridized carbons (Fsp3) is 0.837. The highest BCUT2D eigenvalue weighted by Gasteiger charge is 2.71. The van der Waals surface area contributed by atoms with Gasteiger partial charge in [-0.05, 0) is 166 Å². The molecule has 1 aromatic carbocycles. The second-order valence-corrected chi connectivity index (χ2v) is 22.4. The van der Waals surface area contributed by atoms with Crippen LogP contribution in [0.5, 0.6) is 0 Å². The van der Waals surface area contributed by atoms with Crippen molar-refractivity contribution in [1.29, 1.82) is 0 Å². The number of nitrogens with one attached hydrogen (secondary N) is 1. The number of hydrogen-bond acceptors (Lipinski definition) is 6. The van der Waals surface area contributed by atoms with E-state index in [-0.39, 0.29) is 32.6 Å². The molecule has 0 aromatic heterocycles. The molecule has 0 bridgehead atoms. The van der Waals surface area contributed by atoms with E-state index in [1.165, 1.54) is 63.2 Å². The smallest absolute Gasteiger partial charge is 0.335 e. The first-order chi connectivity index (χ1) is 23.9. The minimum Gasteiger partial charge on any atom is -0.478 e. The third-order valence-corrected chi connectivity index (χ3v) is 19.2. The van der Waals surface area contributed by atoms with Crippen molar-refractivity contribution >= 4 is 15.8 Å². The number of rotatable bonds is 8. The van der Waals surface area contributed by atoms with Crippen molar-refractivity contribution in [3.63, 3.8) is 0 Å². The molecule has 0 spiro atoms. The zero-order valence-corrected chi connectivity index (χ0v) is 33.7. The van der Waals surface area contributed by atoms with Gasteiger partial charge in [0.2, 0.25) is 0 Å². The maximum absolute atomic E-state index is 12.1. The Morgan fingerprint density at radius 2 is 1.59 bits per heavy atom. The lowest BCUT2D eigenvalue weighted by Gasteiger charge is -2.73. The average molecular weight is 724 g/mol. The number of hydrogen-bond donors (Lipinski definition) is 3. The molecule has 4 N–H and O–H groups in total. The van der Waals surface area contributed by atoms with Gasteiger partial charge in [0, 0.05) is 30.4 Å². The van der Waals surface area contributed by atoms with Crippen LogP contribution in [0.25, 0.3) is 0 Å². The normalized spacial score (nSPS) is 42.8. The number of likely N-dealkylation sites (tertiary alicyclic amines) is 1. The van der Waals surface area contributed by atoms with Gasteiger partial charge in [-0.2, -0.15) is 0 Å². The summed E-state index contributed by atoms with van der Waals surface area (Å²) in [5.41, 5.74) is 10.3. The number of nitrogens with two attached hydrogens (primary N) is 1. The highest BCUT2D eigenvalue weighted by molar-refractivity contribution is 7.91.